The van der Waals surface area contributed by atoms with E-state index in [1.807, 2.05) is 23.4 Å². The van der Waals surface area contributed by atoms with E-state index in [0.717, 1.165) is 6.54 Å². The van der Waals surface area contributed by atoms with Crippen molar-refractivity contribution in [3.05, 3.63) is 52.2 Å². The SMILES string of the molecule is CC(=O)c1ccc(NC(=O)CN(C)Cc2cccs2)cc1. The topological polar surface area (TPSA) is 49.4 Å². The van der Waals surface area contributed by atoms with E-state index in [1.165, 1.54) is 11.8 Å². The number of thiophene rings is 1. The minimum atomic E-state index is -0.0652. The summed E-state index contributed by atoms with van der Waals surface area (Å²) in [4.78, 5) is 26.3. The van der Waals surface area contributed by atoms with E-state index in [2.05, 4.69) is 11.4 Å². The minimum absolute atomic E-state index is 0.0172. The van der Waals surface area contributed by atoms with Crippen molar-refractivity contribution in [1.82, 2.24) is 4.90 Å². The van der Waals surface area contributed by atoms with Crippen molar-refractivity contribution >= 4 is 28.7 Å². The van der Waals surface area contributed by atoms with Gasteiger partial charge in [0.15, 0.2) is 5.78 Å². The van der Waals surface area contributed by atoms with Gasteiger partial charge < -0.3 is 5.32 Å². The van der Waals surface area contributed by atoms with Gasteiger partial charge in [0.2, 0.25) is 5.91 Å². The average Bonchev–Trinajstić information content (AvgIpc) is 2.91. The Morgan fingerprint density at radius 1 is 1.19 bits per heavy atom. The average molecular weight is 302 g/mol. The molecular weight excluding hydrogens is 284 g/mol. The first kappa shape index (κ1) is 15.4. The normalized spacial score (nSPS) is 10.6. The number of nitrogens with zero attached hydrogens (tertiary/aromatic N) is 1. The number of benzene rings is 1. The van der Waals surface area contributed by atoms with Gasteiger partial charge in [0.1, 0.15) is 0 Å². The molecule has 0 radical (unpaired) electrons. The number of Topliss-reactive ketones (excluding diaryl/α,β-unsaturated/α-hetero) is 1. The molecular formula is C16H18N2O2S. The molecule has 21 heavy (non-hydrogen) atoms. The van der Waals surface area contributed by atoms with Gasteiger partial charge in [0, 0.05) is 22.7 Å². The van der Waals surface area contributed by atoms with Crippen LogP contribution in [-0.2, 0) is 11.3 Å². The van der Waals surface area contributed by atoms with Gasteiger partial charge in [-0.05, 0) is 49.7 Å². The predicted octanol–water partition coefficient (Wildman–Crippen LogP) is 3.02. The molecule has 5 heteroatoms. The molecule has 0 aliphatic rings. The lowest BCUT2D eigenvalue weighted by molar-refractivity contribution is -0.117. The summed E-state index contributed by atoms with van der Waals surface area (Å²) in [6.07, 6.45) is 0. The maximum absolute atomic E-state index is 12.0. The van der Waals surface area contributed by atoms with Crippen LogP contribution in [0.25, 0.3) is 0 Å². The number of nitrogens with one attached hydrogen (secondary N) is 1. The van der Waals surface area contributed by atoms with Gasteiger partial charge in [0.05, 0.1) is 6.54 Å². The third-order valence-electron chi connectivity index (χ3n) is 2.99. The van der Waals surface area contributed by atoms with Crippen LogP contribution in [0, 0.1) is 0 Å². The van der Waals surface area contributed by atoms with E-state index in [4.69, 9.17) is 0 Å². The second-order valence-corrected chi connectivity index (χ2v) is 5.97. The largest absolute Gasteiger partial charge is 0.325 e. The summed E-state index contributed by atoms with van der Waals surface area (Å²) in [6.45, 7) is 2.61. The third kappa shape index (κ3) is 4.81. The van der Waals surface area contributed by atoms with Gasteiger partial charge in [-0.3, -0.25) is 14.5 Å². The van der Waals surface area contributed by atoms with E-state index < -0.39 is 0 Å². The fraction of sp³-hybridized carbons (Fsp3) is 0.250. The maximum atomic E-state index is 12.0. The Kier molecular flexibility index (Phi) is 5.25. The molecule has 0 fully saturated rings. The van der Waals surface area contributed by atoms with E-state index in [1.54, 1.807) is 35.6 Å². The van der Waals surface area contributed by atoms with Crippen LogP contribution >= 0.6 is 11.3 Å². The van der Waals surface area contributed by atoms with Crippen LogP contribution in [0.4, 0.5) is 5.69 Å². The molecule has 2 aromatic rings. The number of carbonyl (C=O) groups is 2. The summed E-state index contributed by atoms with van der Waals surface area (Å²) in [5.41, 5.74) is 1.34. The predicted molar refractivity (Wildman–Crippen MR) is 85.7 cm³/mol. The number of hydrogen-bond acceptors (Lipinski definition) is 4. The number of anilines is 1. The molecule has 110 valence electrons. The standard InChI is InChI=1S/C16H18N2O2S/c1-12(19)13-5-7-14(8-6-13)17-16(20)11-18(2)10-15-4-3-9-21-15/h3-9H,10-11H2,1-2H3,(H,17,20). The molecule has 1 heterocycles. The van der Waals surface area contributed by atoms with E-state index in [0.29, 0.717) is 17.8 Å². The molecule has 1 N–H and O–H groups in total. The highest BCUT2D eigenvalue weighted by Crippen LogP contribution is 2.12. The Hall–Kier alpha value is -1.98. The zero-order valence-corrected chi connectivity index (χ0v) is 12.9. The van der Waals surface area contributed by atoms with Crippen molar-refractivity contribution in [2.45, 2.75) is 13.5 Å². The molecule has 1 aromatic carbocycles. The zero-order valence-electron chi connectivity index (χ0n) is 12.1. The van der Waals surface area contributed by atoms with Gasteiger partial charge in [0.25, 0.3) is 0 Å². The first-order chi connectivity index (χ1) is 10.0. The summed E-state index contributed by atoms with van der Waals surface area (Å²) in [6, 6.07) is 11.0. The number of carbonyl (C=O) groups excluding carboxylic acids is 2. The first-order valence-electron chi connectivity index (χ1n) is 6.66. The summed E-state index contributed by atoms with van der Waals surface area (Å²) < 4.78 is 0. The molecule has 0 spiro atoms. The number of rotatable bonds is 6. The van der Waals surface area contributed by atoms with E-state index in [-0.39, 0.29) is 11.7 Å². The summed E-state index contributed by atoms with van der Waals surface area (Å²) in [5.74, 6) is -0.0480. The lowest BCUT2D eigenvalue weighted by atomic mass is 10.1. The van der Waals surface area contributed by atoms with E-state index in [9.17, 15) is 9.59 Å². The van der Waals surface area contributed by atoms with Crippen molar-refractivity contribution in [2.24, 2.45) is 0 Å². The number of likely N-dealkylation sites (N-methyl/N-ethyl adjacent to an activating group) is 1. The quantitative estimate of drug-likeness (QED) is 0.835. The zero-order chi connectivity index (χ0) is 15.2. The van der Waals surface area contributed by atoms with Crippen molar-refractivity contribution in [3.8, 4) is 0 Å². The summed E-state index contributed by atoms with van der Waals surface area (Å²) in [7, 11) is 1.91. The monoisotopic (exact) mass is 302 g/mol. The van der Waals surface area contributed by atoms with Crippen molar-refractivity contribution < 1.29 is 9.59 Å². The fourth-order valence-electron chi connectivity index (χ4n) is 1.96. The van der Waals surface area contributed by atoms with Crippen LogP contribution in [0.15, 0.2) is 41.8 Å². The Bertz CT molecular complexity index is 606. The minimum Gasteiger partial charge on any atom is -0.325 e. The van der Waals surface area contributed by atoms with Gasteiger partial charge in [-0.2, -0.15) is 0 Å². The third-order valence-corrected chi connectivity index (χ3v) is 3.86. The van der Waals surface area contributed by atoms with Gasteiger partial charge >= 0.3 is 0 Å². The Labute approximate surface area is 128 Å². The highest BCUT2D eigenvalue weighted by atomic mass is 32.1. The van der Waals surface area contributed by atoms with Crippen LogP contribution in [0.1, 0.15) is 22.2 Å². The molecule has 0 aliphatic heterocycles. The number of ketones is 1. The number of hydrogen-bond donors (Lipinski definition) is 1. The highest BCUT2D eigenvalue weighted by Gasteiger charge is 2.08. The van der Waals surface area contributed by atoms with E-state index >= 15 is 0 Å². The van der Waals surface area contributed by atoms with Gasteiger partial charge in [-0.15, -0.1) is 11.3 Å². The van der Waals surface area contributed by atoms with Crippen molar-refractivity contribution in [3.63, 3.8) is 0 Å². The van der Waals surface area contributed by atoms with Crippen LogP contribution < -0.4 is 5.32 Å². The van der Waals surface area contributed by atoms with Gasteiger partial charge in [-0.25, -0.2) is 0 Å². The van der Waals surface area contributed by atoms with Crippen LogP contribution in [0.2, 0.25) is 0 Å². The Morgan fingerprint density at radius 3 is 2.48 bits per heavy atom. The van der Waals surface area contributed by atoms with Gasteiger partial charge in [-0.1, -0.05) is 6.07 Å². The van der Waals surface area contributed by atoms with Crippen LogP contribution in [0.5, 0.6) is 0 Å². The smallest absolute Gasteiger partial charge is 0.238 e. The molecule has 2 rings (SSSR count). The van der Waals surface area contributed by atoms with Crippen molar-refractivity contribution in [1.29, 1.82) is 0 Å². The summed E-state index contributed by atoms with van der Waals surface area (Å²) in [5, 5.41) is 4.86. The molecule has 0 atom stereocenters. The van der Waals surface area contributed by atoms with Crippen LogP contribution in [0.3, 0.4) is 0 Å². The first-order valence-corrected chi connectivity index (χ1v) is 7.54. The maximum Gasteiger partial charge on any atom is 0.238 e. The second kappa shape index (κ2) is 7.15. The lowest BCUT2D eigenvalue weighted by Crippen LogP contribution is -2.29. The second-order valence-electron chi connectivity index (χ2n) is 4.93. The molecule has 0 bridgehead atoms. The summed E-state index contributed by atoms with van der Waals surface area (Å²) >= 11 is 1.68. The van der Waals surface area contributed by atoms with Crippen molar-refractivity contribution in [2.75, 3.05) is 18.9 Å². The molecule has 1 aromatic heterocycles. The van der Waals surface area contributed by atoms with Crippen LogP contribution in [-0.4, -0.2) is 30.2 Å². The molecule has 4 nitrogen and oxygen atoms in total. The Balaban J connectivity index is 1.84. The molecule has 0 saturated heterocycles. The number of amides is 1. The highest BCUT2D eigenvalue weighted by molar-refractivity contribution is 7.09. The molecule has 1 amide bonds. The lowest BCUT2D eigenvalue weighted by Gasteiger charge is -2.15. The molecule has 0 aliphatic carbocycles. The molecule has 0 saturated carbocycles. The Morgan fingerprint density at radius 2 is 1.90 bits per heavy atom. The fourth-order valence-corrected chi connectivity index (χ4v) is 2.74. The molecule has 0 unspecified atom stereocenters.